The fourth-order valence-corrected chi connectivity index (χ4v) is 1.74. The number of hydrogen-bond donors (Lipinski definition) is 1. The first-order chi connectivity index (χ1) is 10.0. The van der Waals surface area contributed by atoms with Gasteiger partial charge in [0.05, 0.1) is 29.6 Å². The molecule has 6 nitrogen and oxygen atoms in total. The molecule has 1 heterocycles. The standard InChI is InChI=1S/C14H12ClNO5/c1-19-14(18)12-9(4-5-20-12)7-21-13(17)8-2-3-10(15)11(16)6-8/h2-6H,7,16H2,1H3. The normalized spacial score (nSPS) is 10.2. The van der Waals surface area contributed by atoms with E-state index >= 15 is 0 Å². The van der Waals surface area contributed by atoms with Gasteiger partial charge >= 0.3 is 11.9 Å². The number of carbonyl (C=O) groups is 2. The molecule has 0 fully saturated rings. The second-order valence-electron chi connectivity index (χ2n) is 4.08. The van der Waals surface area contributed by atoms with Crippen LogP contribution < -0.4 is 5.73 Å². The van der Waals surface area contributed by atoms with Crippen LogP contribution in [0.1, 0.15) is 26.5 Å². The molecule has 0 unspecified atom stereocenters. The highest BCUT2D eigenvalue weighted by atomic mass is 35.5. The van der Waals surface area contributed by atoms with Crippen molar-refractivity contribution in [3.63, 3.8) is 0 Å². The summed E-state index contributed by atoms with van der Waals surface area (Å²) < 4.78 is 14.6. The molecule has 0 saturated heterocycles. The van der Waals surface area contributed by atoms with E-state index in [-0.39, 0.29) is 23.6 Å². The average Bonchev–Trinajstić information content (AvgIpc) is 2.95. The van der Waals surface area contributed by atoms with Gasteiger partial charge in [0.2, 0.25) is 5.76 Å². The number of methoxy groups -OCH3 is 1. The number of nitrogens with two attached hydrogens (primary N) is 1. The lowest BCUT2D eigenvalue weighted by atomic mass is 10.2. The summed E-state index contributed by atoms with van der Waals surface area (Å²) in [5.74, 6) is -1.22. The first kappa shape index (κ1) is 14.9. The molecule has 1 aromatic heterocycles. The Balaban J connectivity index is 2.06. The van der Waals surface area contributed by atoms with Crippen LogP contribution in [0, 0.1) is 0 Å². The van der Waals surface area contributed by atoms with E-state index in [9.17, 15) is 9.59 Å². The van der Waals surface area contributed by atoms with Gasteiger partial charge in [-0.3, -0.25) is 0 Å². The second-order valence-corrected chi connectivity index (χ2v) is 4.49. The van der Waals surface area contributed by atoms with Crippen LogP contribution in [0.2, 0.25) is 5.02 Å². The molecule has 0 radical (unpaired) electrons. The predicted molar refractivity (Wildman–Crippen MR) is 75.0 cm³/mol. The molecule has 0 aliphatic rings. The van der Waals surface area contributed by atoms with Crippen LogP contribution in [-0.2, 0) is 16.1 Å². The van der Waals surface area contributed by atoms with Crippen molar-refractivity contribution in [2.24, 2.45) is 0 Å². The van der Waals surface area contributed by atoms with Gasteiger partial charge in [0.25, 0.3) is 0 Å². The number of esters is 2. The fourth-order valence-electron chi connectivity index (χ4n) is 1.62. The van der Waals surface area contributed by atoms with E-state index in [2.05, 4.69) is 4.74 Å². The van der Waals surface area contributed by atoms with Crippen molar-refractivity contribution < 1.29 is 23.5 Å². The van der Waals surface area contributed by atoms with Crippen molar-refractivity contribution in [1.82, 2.24) is 0 Å². The molecule has 0 aliphatic carbocycles. The maximum absolute atomic E-state index is 11.9. The van der Waals surface area contributed by atoms with Crippen molar-refractivity contribution in [3.05, 3.63) is 52.4 Å². The van der Waals surface area contributed by atoms with Gasteiger partial charge < -0.3 is 19.6 Å². The monoisotopic (exact) mass is 309 g/mol. The van der Waals surface area contributed by atoms with Crippen molar-refractivity contribution >= 4 is 29.2 Å². The lowest BCUT2D eigenvalue weighted by molar-refractivity contribution is 0.0453. The van der Waals surface area contributed by atoms with E-state index in [1.165, 1.54) is 37.6 Å². The van der Waals surface area contributed by atoms with E-state index in [0.717, 1.165) is 0 Å². The summed E-state index contributed by atoms with van der Waals surface area (Å²) in [5.41, 5.74) is 6.58. The third-order valence-electron chi connectivity index (χ3n) is 2.71. The lowest BCUT2D eigenvalue weighted by Gasteiger charge is -2.06. The van der Waals surface area contributed by atoms with E-state index in [1.54, 1.807) is 0 Å². The van der Waals surface area contributed by atoms with Gasteiger partial charge in [-0.15, -0.1) is 0 Å². The summed E-state index contributed by atoms with van der Waals surface area (Å²) in [6.07, 6.45) is 1.32. The highest BCUT2D eigenvalue weighted by Gasteiger charge is 2.17. The van der Waals surface area contributed by atoms with Gasteiger partial charge in [-0.2, -0.15) is 0 Å². The molecule has 2 N–H and O–H groups in total. The Hall–Kier alpha value is -2.47. The topological polar surface area (TPSA) is 91.8 Å². The first-order valence-corrected chi connectivity index (χ1v) is 6.27. The number of benzene rings is 1. The van der Waals surface area contributed by atoms with Gasteiger partial charge in [-0.25, -0.2) is 9.59 Å². The maximum atomic E-state index is 11.9. The molecule has 0 aliphatic heterocycles. The van der Waals surface area contributed by atoms with E-state index in [1.807, 2.05) is 0 Å². The molecule has 21 heavy (non-hydrogen) atoms. The van der Waals surface area contributed by atoms with Gasteiger partial charge in [0, 0.05) is 5.56 Å². The van der Waals surface area contributed by atoms with Crippen molar-refractivity contribution in [2.45, 2.75) is 6.61 Å². The molecule has 110 valence electrons. The number of ether oxygens (including phenoxy) is 2. The highest BCUT2D eigenvalue weighted by molar-refractivity contribution is 6.33. The Morgan fingerprint density at radius 1 is 1.29 bits per heavy atom. The largest absolute Gasteiger partial charge is 0.463 e. The predicted octanol–water partition coefficient (Wildman–Crippen LogP) is 2.66. The third-order valence-corrected chi connectivity index (χ3v) is 3.05. The van der Waals surface area contributed by atoms with Crippen molar-refractivity contribution in [1.29, 1.82) is 0 Å². The van der Waals surface area contributed by atoms with Gasteiger partial charge in [-0.1, -0.05) is 11.6 Å². The van der Waals surface area contributed by atoms with E-state index < -0.39 is 11.9 Å². The zero-order valence-corrected chi connectivity index (χ0v) is 11.8. The van der Waals surface area contributed by atoms with E-state index in [4.69, 9.17) is 26.5 Å². The summed E-state index contributed by atoms with van der Waals surface area (Å²) in [5, 5.41) is 0.356. The molecular formula is C14H12ClNO5. The summed E-state index contributed by atoms with van der Waals surface area (Å²) in [4.78, 5) is 23.3. The Morgan fingerprint density at radius 3 is 2.71 bits per heavy atom. The number of nitrogen functional groups attached to an aromatic ring is 1. The average molecular weight is 310 g/mol. The minimum Gasteiger partial charge on any atom is -0.463 e. The number of anilines is 1. The van der Waals surface area contributed by atoms with Gasteiger partial charge in [0.1, 0.15) is 6.61 Å². The minimum absolute atomic E-state index is 0.000852. The zero-order chi connectivity index (χ0) is 15.4. The molecule has 1 aromatic carbocycles. The number of rotatable bonds is 4. The third kappa shape index (κ3) is 3.35. The molecule has 7 heteroatoms. The van der Waals surface area contributed by atoms with Crippen LogP contribution in [0.25, 0.3) is 0 Å². The molecule has 2 rings (SSSR count). The maximum Gasteiger partial charge on any atom is 0.374 e. The molecule has 0 saturated carbocycles. The van der Waals surface area contributed by atoms with Crippen LogP contribution >= 0.6 is 11.6 Å². The second kappa shape index (κ2) is 6.32. The minimum atomic E-state index is -0.637. The van der Waals surface area contributed by atoms with Crippen LogP contribution in [0.5, 0.6) is 0 Å². The number of halogens is 1. The first-order valence-electron chi connectivity index (χ1n) is 5.89. The van der Waals surface area contributed by atoms with Gasteiger partial charge in [-0.05, 0) is 24.3 Å². The van der Waals surface area contributed by atoms with Crippen molar-refractivity contribution in [2.75, 3.05) is 12.8 Å². The van der Waals surface area contributed by atoms with Crippen LogP contribution in [0.3, 0.4) is 0 Å². The van der Waals surface area contributed by atoms with Crippen molar-refractivity contribution in [3.8, 4) is 0 Å². The molecule has 0 atom stereocenters. The molecule has 0 amide bonds. The Labute approximate surface area is 125 Å². The molecule has 0 spiro atoms. The molecular weight excluding hydrogens is 298 g/mol. The van der Waals surface area contributed by atoms with Crippen LogP contribution in [0.15, 0.2) is 34.9 Å². The summed E-state index contributed by atoms with van der Waals surface area (Å²) in [7, 11) is 1.23. The zero-order valence-electron chi connectivity index (χ0n) is 11.1. The van der Waals surface area contributed by atoms with E-state index in [0.29, 0.717) is 10.6 Å². The molecule has 2 aromatic rings. The lowest BCUT2D eigenvalue weighted by Crippen LogP contribution is -2.08. The summed E-state index contributed by atoms with van der Waals surface area (Å²) >= 11 is 5.77. The summed E-state index contributed by atoms with van der Waals surface area (Å²) in [6.45, 7) is -0.123. The Bertz CT molecular complexity index is 680. The van der Waals surface area contributed by atoms with Crippen LogP contribution in [-0.4, -0.2) is 19.0 Å². The Kier molecular flexibility index (Phi) is 4.49. The number of carbonyl (C=O) groups excluding carboxylic acids is 2. The Morgan fingerprint density at radius 2 is 2.05 bits per heavy atom. The van der Waals surface area contributed by atoms with Gasteiger partial charge in [0.15, 0.2) is 0 Å². The SMILES string of the molecule is COC(=O)c1occc1COC(=O)c1ccc(Cl)c(N)c1. The quantitative estimate of drug-likeness (QED) is 0.689. The van der Waals surface area contributed by atoms with Crippen LogP contribution in [0.4, 0.5) is 5.69 Å². The number of furan rings is 1. The smallest absolute Gasteiger partial charge is 0.374 e. The fraction of sp³-hybridized carbons (Fsp3) is 0.143. The molecule has 0 bridgehead atoms. The summed E-state index contributed by atoms with van der Waals surface area (Å²) in [6, 6.07) is 5.94. The number of hydrogen-bond acceptors (Lipinski definition) is 6. The highest BCUT2D eigenvalue weighted by Crippen LogP contribution is 2.20.